The molecule has 0 aliphatic rings. The van der Waals surface area contributed by atoms with E-state index < -0.39 is 12.1 Å². The van der Waals surface area contributed by atoms with Gasteiger partial charge in [0.15, 0.2) is 0 Å². The van der Waals surface area contributed by atoms with Crippen LogP contribution in [0.2, 0.25) is 0 Å². The minimum atomic E-state index is -0.876. The summed E-state index contributed by atoms with van der Waals surface area (Å²) in [6, 6.07) is 10.2. The van der Waals surface area contributed by atoms with Crippen molar-refractivity contribution in [3.8, 4) is 5.75 Å². The van der Waals surface area contributed by atoms with Crippen LogP contribution in [0.1, 0.15) is 37.4 Å². The predicted octanol–water partition coefficient (Wildman–Crippen LogP) is 3.62. The zero-order valence-corrected chi connectivity index (χ0v) is 14.0. The molecule has 0 aliphatic heterocycles. The van der Waals surface area contributed by atoms with Crippen LogP contribution in [0.4, 0.5) is 10.5 Å². The maximum absolute atomic E-state index is 11.9. The number of aliphatic hydroxyl groups is 1. The lowest BCUT2D eigenvalue weighted by Gasteiger charge is -2.11. The number of hydrogen-bond acceptors (Lipinski definition) is 4. The van der Waals surface area contributed by atoms with E-state index in [9.17, 15) is 9.90 Å². The van der Waals surface area contributed by atoms with Gasteiger partial charge >= 0.3 is 6.03 Å². The Balaban J connectivity index is 1.75. The van der Waals surface area contributed by atoms with E-state index in [2.05, 4.69) is 17.6 Å². The first-order valence-electron chi connectivity index (χ1n) is 8.10. The van der Waals surface area contributed by atoms with Gasteiger partial charge in [0, 0.05) is 5.69 Å². The molecule has 1 aromatic carbocycles. The first kappa shape index (κ1) is 17.9. The van der Waals surface area contributed by atoms with Crippen LogP contribution in [-0.4, -0.2) is 24.3 Å². The number of furan rings is 1. The Morgan fingerprint density at radius 3 is 2.62 bits per heavy atom. The van der Waals surface area contributed by atoms with Gasteiger partial charge in [-0.05, 0) is 49.7 Å². The molecule has 0 saturated heterocycles. The number of ether oxygens (including phenoxy) is 1. The van der Waals surface area contributed by atoms with Gasteiger partial charge in [-0.15, -0.1) is 0 Å². The molecule has 0 fully saturated rings. The molecule has 0 saturated carbocycles. The average molecular weight is 332 g/mol. The van der Waals surface area contributed by atoms with Gasteiger partial charge in [0.05, 0.1) is 13.2 Å². The van der Waals surface area contributed by atoms with Crippen molar-refractivity contribution in [2.75, 3.05) is 18.5 Å². The summed E-state index contributed by atoms with van der Waals surface area (Å²) in [5, 5.41) is 15.2. The molecule has 2 rings (SSSR count). The zero-order chi connectivity index (χ0) is 17.4. The van der Waals surface area contributed by atoms with Gasteiger partial charge in [-0.25, -0.2) is 4.79 Å². The third-order valence-corrected chi connectivity index (χ3v) is 3.42. The number of nitrogens with one attached hydrogen (secondary N) is 2. The van der Waals surface area contributed by atoms with Gasteiger partial charge in [-0.2, -0.15) is 0 Å². The van der Waals surface area contributed by atoms with Crippen LogP contribution >= 0.6 is 0 Å². The van der Waals surface area contributed by atoms with Crippen molar-refractivity contribution in [1.29, 1.82) is 0 Å². The molecule has 130 valence electrons. The van der Waals surface area contributed by atoms with Crippen LogP contribution in [-0.2, 0) is 0 Å². The molecule has 1 aromatic heterocycles. The highest BCUT2D eigenvalue weighted by Crippen LogP contribution is 2.17. The molecule has 2 aromatic rings. The van der Waals surface area contributed by atoms with Crippen LogP contribution < -0.4 is 15.4 Å². The number of urea groups is 1. The fourth-order valence-electron chi connectivity index (χ4n) is 2.07. The minimum Gasteiger partial charge on any atom is -0.494 e. The van der Waals surface area contributed by atoms with Crippen molar-refractivity contribution in [2.24, 2.45) is 0 Å². The molecule has 6 nitrogen and oxygen atoms in total. The Morgan fingerprint density at radius 2 is 2.00 bits per heavy atom. The summed E-state index contributed by atoms with van der Waals surface area (Å²) in [5.41, 5.74) is 0.652. The largest absolute Gasteiger partial charge is 0.494 e. The molecular weight excluding hydrogens is 308 g/mol. The highest BCUT2D eigenvalue weighted by atomic mass is 16.5. The van der Waals surface area contributed by atoms with E-state index in [1.165, 1.54) is 0 Å². The quantitative estimate of drug-likeness (QED) is 0.645. The van der Waals surface area contributed by atoms with Crippen LogP contribution in [0.25, 0.3) is 0 Å². The predicted molar refractivity (Wildman–Crippen MR) is 92.3 cm³/mol. The van der Waals surface area contributed by atoms with Crippen molar-refractivity contribution in [2.45, 2.75) is 32.8 Å². The maximum Gasteiger partial charge on any atom is 0.319 e. The fourth-order valence-corrected chi connectivity index (χ4v) is 2.07. The lowest BCUT2D eigenvalue weighted by atomic mass is 10.3. The second-order valence-corrected chi connectivity index (χ2v) is 5.53. The first-order chi connectivity index (χ1) is 11.6. The monoisotopic (exact) mass is 332 g/mol. The number of benzene rings is 1. The fraction of sp³-hybridized carbons (Fsp3) is 0.389. The Kier molecular flexibility index (Phi) is 6.69. The molecule has 0 aliphatic carbocycles. The van der Waals surface area contributed by atoms with Gasteiger partial charge in [0.2, 0.25) is 0 Å². The summed E-state index contributed by atoms with van der Waals surface area (Å²) in [6.07, 6.45) is 1.22. The number of aliphatic hydroxyl groups excluding tert-OH is 1. The third-order valence-electron chi connectivity index (χ3n) is 3.42. The Morgan fingerprint density at radius 1 is 1.25 bits per heavy atom. The number of unbranched alkanes of at least 4 members (excludes halogenated alkanes) is 1. The van der Waals surface area contributed by atoms with E-state index in [1.807, 2.05) is 12.1 Å². The van der Waals surface area contributed by atoms with Gasteiger partial charge in [-0.1, -0.05) is 13.3 Å². The topological polar surface area (TPSA) is 83.7 Å². The summed E-state index contributed by atoms with van der Waals surface area (Å²) in [4.78, 5) is 11.9. The Labute approximate surface area is 141 Å². The summed E-state index contributed by atoms with van der Waals surface area (Å²) in [5.74, 6) is 1.93. The number of amides is 2. The molecule has 24 heavy (non-hydrogen) atoms. The molecule has 6 heteroatoms. The third kappa shape index (κ3) is 5.62. The molecule has 1 atom stereocenters. The first-order valence-corrected chi connectivity index (χ1v) is 8.10. The molecule has 1 unspecified atom stereocenters. The number of rotatable bonds is 8. The van der Waals surface area contributed by atoms with Crippen LogP contribution in [0.15, 0.2) is 40.8 Å². The lowest BCUT2D eigenvalue weighted by molar-refractivity contribution is 0.148. The molecule has 3 N–H and O–H groups in total. The van der Waals surface area contributed by atoms with E-state index >= 15 is 0 Å². The van der Waals surface area contributed by atoms with E-state index in [4.69, 9.17) is 9.15 Å². The molecular formula is C18H24N2O4. The van der Waals surface area contributed by atoms with Crippen LogP contribution in [0.3, 0.4) is 0 Å². The highest BCUT2D eigenvalue weighted by molar-refractivity contribution is 5.89. The molecule has 0 radical (unpaired) electrons. The van der Waals surface area contributed by atoms with Crippen molar-refractivity contribution < 1.29 is 19.1 Å². The minimum absolute atomic E-state index is 0.0665. The highest BCUT2D eigenvalue weighted by Gasteiger charge is 2.12. The molecule has 0 spiro atoms. The Hall–Kier alpha value is -2.47. The van der Waals surface area contributed by atoms with Gasteiger partial charge in [0.25, 0.3) is 0 Å². The smallest absolute Gasteiger partial charge is 0.319 e. The summed E-state index contributed by atoms with van der Waals surface area (Å²) in [7, 11) is 0. The van der Waals surface area contributed by atoms with Crippen molar-refractivity contribution >= 4 is 11.7 Å². The van der Waals surface area contributed by atoms with Gasteiger partial charge in [0.1, 0.15) is 23.4 Å². The van der Waals surface area contributed by atoms with Gasteiger partial charge in [-0.3, -0.25) is 0 Å². The lowest BCUT2D eigenvalue weighted by Crippen LogP contribution is -2.32. The number of carbonyl (C=O) groups is 1. The second kappa shape index (κ2) is 8.98. The average Bonchev–Trinajstić information content (AvgIpc) is 3.01. The Bertz CT molecular complexity index is 637. The van der Waals surface area contributed by atoms with E-state index in [0.717, 1.165) is 24.4 Å². The van der Waals surface area contributed by atoms with Crippen LogP contribution in [0.5, 0.6) is 5.75 Å². The summed E-state index contributed by atoms with van der Waals surface area (Å²) in [6.45, 7) is 4.66. The van der Waals surface area contributed by atoms with Crippen LogP contribution in [0, 0.1) is 6.92 Å². The normalized spacial score (nSPS) is 11.8. The SMILES string of the molecule is CCCCOc1ccc(NC(=O)NCC(O)c2ccc(C)o2)cc1. The molecule has 2 amide bonds. The molecule has 1 heterocycles. The van der Waals surface area contributed by atoms with Crippen molar-refractivity contribution in [3.05, 3.63) is 47.9 Å². The van der Waals surface area contributed by atoms with Gasteiger partial charge < -0.3 is 24.9 Å². The number of aryl methyl sites for hydroxylation is 1. The standard InChI is InChI=1S/C18H24N2O4/c1-3-4-11-23-15-8-6-14(7-9-15)20-18(22)19-12-16(21)17-10-5-13(2)24-17/h5-10,16,21H,3-4,11-12H2,1-2H3,(H2,19,20,22). The number of hydrogen-bond donors (Lipinski definition) is 3. The number of anilines is 1. The maximum atomic E-state index is 11.9. The van der Waals surface area contributed by atoms with E-state index in [1.54, 1.807) is 31.2 Å². The molecule has 0 bridgehead atoms. The second-order valence-electron chi connectivity index (χ2n) is 5.53. The van der Waals surface area contributed by atoms with E-state index in [0.29, 0.717) is 18.1 Å². The zero-order valence-electron chi connectivity index (χ0n) is 14.0. The van der Waals surface area contributed by atoms with Crippen molar-refractivity contribution in [3.63, 3.8) is 0 Å². The number of carbonyl (C=O) groups excluding carboxylic acids is 1. The van der Waals surface area contributed by atoms with E-state index in [-0.39, 0.29) is 6.54 Å². The summed E-state index contributed by atoms with van der Waals surface area (Å²) < 4.78 is 10.9. The summed E-state index contributed by atoms with van der Waals surface area (Å²) >= 11 is 0. The van der Waals surface area contributed by atoms with Crippen molar-refractivity contribution in [1.82, 2.24) is 5.32 Å².